The third-order valence-electron chi connectivity index (χ3n) is 4.53. The van der Waals surface area contributed by atoms with Gasteiger partial charge < -0.3 is 10.4 Å². The molecule has 1 heterocycles. The van der Waals surface area contributed by atoms with E-state index in [4.69, 9.17) is 5.11 Å². The Morgan fingerprint density at radius 3 is 2.46 bits per heavy atom. The van der Waals surface area contributed by atoms with E-state index < -0.39 is 11.5 Å². The van der Waals surface area contributed by atoms with Gasteiger partial charge in [-0.2, -0.15) is 5.10 Å². The van der Waals surface area contributed by atoms with Crippen LogP contribution in [0, 0.1) is 6.92 Å². The molecular weight excluding hydrogens is 306 g/mol. The Morgan fingerprint density at radius 1 is 1.25 bits per heavy atom. The second-order valence-corrected chi connectivity index (χ2v) is 6.52. The topological polar surface area (TPSA) is 84.2 Å². The summed E-state index contributed by atoms with van der Waals surface area (Å²) >= 11 is 0. The number of nitrogens with zero attached hydrogens (tertiary/aromatic N) is 2. The van der Waals surface area contributed by atoms with E-state index in [-0.39, 0.29) is 12.3 Å². The average Bonchev–Trinajstić information content (AvgIpc) is 3.16. The Kier molecular flexibility index (Phi) is 4.38. The van der Waals surface area contributed by atoms with Crippen LogP contribution in [0.1, 0.15) is 48.0 Å². The fourth-order valence-corrected chi connectivity index (χ4v) is 3.32. The molecule has 0 radical (unpaired) electrons. The van der Waals surface area contributed by atoms with Gasteiger partial charge in [-0.25, -0.2) is 4.68 Å². The molecule has 126 valence electrons. The van der Waals surface area contributed by atoms with Crippen LogP contribution in [0.4, 0.5) is 0 Å². The summed E-state index contributed by atoms with van der Waals surface area (Å²) < 4.78 is 1.75. The van der Waals surface area contributed by atoms with Gasteiger partial charge in [0.25, 0.3) is 5.91 Å². The van der Waals surface area contributed by atoms with Gasteiger partial charge in [-0.1, -0.05) is 12.8 Å². The van der Waals surface area contributed by atoms with Crippen molar-refractivity contribution in [2.24, 2.45) is 0 Å². The monoisotopic (exact) mass is 327 g/mol. The molecule has 1 aromatic heterocycles. The van der Waals surface area contributed by atoms with Gasteiger partial charge in [-0.3, -0.25) is 9.59 Å². The Labute approximate surface area is 140 Å². The highest BCUT2D eigenvalue weighted by atomic mass is 16.4. The largest absolute Gasteiger partial charge is 0.481 e. The van der Waals surface area contributed by atoms with Gasteiger partial charge in [0, 0.05) is 11.8 Å². The summed E-state index contributed by atoms with van der Waals surface area (Å²) in [4.78, 5) is 23.6. The first kappa shape index (κ1) is 16.2. The number of rotatable bonds is 5. The average molecular weight is 327 g/mol. The molecule has 0 unspecified atom stereocenters. The van der Waals surface area contributed by atoms with Crippen molar-refractivity contribution in [2.75, 3.05) is 0 Å². The van der Waals surface area contributed by atoms with Crippen LogP contribution < -0.4 is 5.32 Å². The Balaban J connectivity index is 1.74. The maximum Gasteiger partial charge on any atom is 0.305 e. The molecule has 6 heteroatoms. The van der Waals surface area contributed by atoms with Crippen molar-refractivity contribution in [2.45, 2.75) is 44.6 Å². The fraction of sp³-hybridized carbons (Fsp3) is 0.389. The number of aliphatic carboxylic acids is 1. The minimum Gasteiger partial charge on any atom is -0.481 e. The number of benzene rings is 1. The fourth-order valence-electron chi connectivity index (χ4n) is 3.32. The maximum atomic E-state index is 12.5. The van der Waals surface area contributed by atoms with Crippen molar-refractivity contribution in [1.29, 1.82) is 0 Å². The quantitative estimate of drug-likeness (QED) is 0.884. The predicted molar refractivity (Wildman–Crippen MR) is 89.2 cm³/mol. The summed E-state index contributed by atoms with van der Waals surface area (Å²) in [6, 6.07) is 7.15. The molecule has 1 fully saturated rings. The molecule has 2 N–H and O–H groups in total. The van der Waals surface area contributed by atoms with Crippen LogP contribution in [-0.2, 0) is 4.79 Å². The van der Waals surface area contributed by atoms with Gasteiger partial charge in [0.1, 0.15) is 0 Å². The van der Waals surface area contributed by atoms with Gasteiger partial charge >= 0.3 is 5.97 Å². The number of carboxylic acids is 1. The van der Waals surface area contributed by atoms with Crippen LogP contribution in [0.5, 0.6) is 0 Å². The Bertz CT molecular complexity index is 743. The number of carbonyl (C=O) groups excluding carboxylic acids is 1. The molecule has 1 aliphatic rings. The molecule has 0 bridgehead atoms. The summed E-state index contributed by atoms with van der Waals surface area (Å²) in [6.07, 6.45) is 7.00. The number of aryl methyl sites for hydroxylation is 1. The van der Waals surface area contributed by atoms with Crippen LogP contribution in [-0.4, -0.2) is 32.3 Å². The van der Waals surface area contributed by atoms with E-state index in [0.717, 1.165) is 36.9 Å². The predicted octanol–water partition coefficient (Wildman–Crippen LogP) is 2.70. The summed E-state index contributed by atoms with van der Waals surface area (Å²) in [5.74, 6) is -1.09. The summed E-state index contributed by atoms with van der Waals surface area (Å²) in [5.41, 5.74) is 1.86. The number of nitrogens with one attached hydrogen (secondary N) is 1. The molecule has 3 rings (SSSR count). The zero-order valence-corrected chi connectivity index (χ0v) is 13.7. The molecule has 0 atom stereocenters. The van der Waals surface area contributed by atoms with E-state index in [1.165, 1.54) is 0 Å². The summed E-state index contributed by atoms with van der Waals surface area (Å²) in [6.45, 7) is 1.97. The molecular formula is C18H21N3O3. The van der Waals surface area contributed by atoms with Crippen molar-refractivity contribution in [3.63, 3.8) is 0 Å². The van der Waals surface area contributed by atoms with Crippen LogP contribution >= 0.6 is 0 Å². The van der Waals surface area contributed by atoms with Gasteiger partial charge in [-0.15, -0.1) is 0 Å². The third-order valence-corrected chi connectivity index (χ3v) is 4.53. The SMILES string of the molecule is Cc1cnn(-c2ccc(C(=O)NC3(CC(=O)O)CCCC3)cc2)c1. The number of carbonyl (C=O) groups is 2. The van der Waals surface area contributed by atoms with Crippen LogP contribution in [0.25, 0.3) is 5.69 Å². The van der Waals surface area contributed by atoms with Crippen molar-refractivity contribution in [1.82, 2.24) is 15.1 Å². The smallest absolute Gasteiger partial charge is 0.305 e. The number of amides is 1. The molecule has 1 aliphatic carbocycles. The zero-order chi connectivity index (χ0) is 17.2. The maximum absolute atomic E-state index is 12.5. The minimum atomic E-state index is -0.874. The van der Waals surface area contributed by atoms with Gasteiger partial charge in [0.15, 0.2) is 0 Å². The van der Waals surface area contributed by atoms with Gasteiger partial charge in [0.2, 0.25) is 0 Å². The zero-order valence-electron chi connectivity index (χ0n) is 13.7. The Morgan fingerprint density at radius 2 is 1.92 bits per heavy atom. The van der Waals surface area contributed by atoms with Crippen molar-refractivity contribution >= 4 is 11.9 Å². The van der Waals surface area contributed by atoms with E-state index in [1.54, 1.807) is 23.0 Å². The van der Waals surface area contributed by atoms with Crippen molar-refractivity contribution in [3.05, 3.63) is 47.8 Å². The molecule has 0 aliphatic heterocycles. The van der Waals surface area contributed by atoms with E-state index in [0.29, 0.717) is 5.56 Å². The molecule has 1 saturated carbocycles. The first-order valence-electron chi connectivity index (χ1n) is 8.13. The van der Waals surface area contributed by atoms with E-state index in [9.17, 15) is 9.59 Å². The molecule has 0 spiro atoms. The Hall–Kier alpha value is -2.63. The first-order chi connectivity index (χ1) is 11.5. The standard InChI is InChI=1S/C18H21N3O3/c1-13-11-19-21(12-13)15-6-4-14(5-7-15)17(24)20-18(10-16(22)23)8-2-3-9-18/h4-7,11-12H,2-3,8-10H2,1H3,(H,20,24)(H,22,23). The lowest BCUT2D eigenvalue weighted by molar-refractivity contribution is -0.138. The molecule has 6 nitrogen and oxygen atoms in total. The van der Waals surface area contributed by atoms with Crippen molar-refractivity contribution < 1.29 is 14.7 Å². The van der Waals surface area contributed by atoms with Gasteiger partial charge in [-0.05, 0) is 49.6 Å². The van der Waals surface area contributed by atoms with Crippen LogP contribution in [0.15, 0.2) is 36.7 Å². The number of aromatic nitrogens is 2. The molecule has 1 aromatic carbocycles. The minimum absolute atomic E-state index is 0.0244. The lowest BCUT2D eigenvalue weighted by Gasteiger charge is -2.28. The molecule has 24 heavy (non-hydrogen) atoms. The molecule has 1 amide bonds. The van der Waals surface area contributed by atoms with Crippen LogP contribution in [0.3, 0.4) is 0 Å². The summed E-state index contributed by atoms with van der Waals surface area (Å²) in [5, 5.41) is 16.3. The lowest BCUT2D eigenvalue weighted by Crippen LogP contribution is -2.47. The highest BCUT2D eigenvalue weighted by molar-refractivity contribution is 5.95. The number of carboxylic acid groups (broad SMARTS) is 1. The number of hydrogen-bond acceptors (Lipinski definition) is 3. The third kappa shape index (κ3) is 3.48. The first-order valence-corrected chi connectivity index (χ1v) is 8.13. The second-order valence-electron chi connectivity index (χ2n) is 6.52. The van der Waals surface area contributed by atoms with E-state index in [1.807, 2.05) is 25.3 Å². The molecule has 2 aromatic rings. The summed E-state index contributed by atoms with van der Waals surface area (Å²) in [7, 11) is 0. The van der Waals surface area contributed by atoms with E-state index in [2.05, 4.69) is 10.4 Å². The highest BCUT2D eigenvalue weighted by Crippen LogP contribution is 2.33. The van der Waals surface area contributed by atoms with Crippen molar-refractivity contribution in [3.8, 4) is 5.69 Å². The normalized spacial score (nSPS) is 16.0. The van der Waals surface area contributed by atoms with E-state index >= 15 is 0 Å². The second kappa shape index (κ2) is 6.47. The van der Waals surface area contributed by atoms with Gasteiger partial charge in [0.05, 0.1) is 23.8 Å². The highest BCUT2D eigenvalue weighted by Gasteiger charge is 2.37. The number of hydrogen-bond donors (Lipinski definition) is 2. The van der Waals surface area contributed by atoms with Crippen LogP contribution in [0.2, 0.25) is 0 Å². The lowest BCUT2D eigenvalue weighted by atomic mass is 9.92. The molecule has 0 saturated heterocycles.